The zero-order valence-electron chi connectivity index (χ0n) is 11.7. The van der Waals surface area contributed by atoms with Crippen molar-refractivity contribution < 1.29 is 9.90 Å². The van der Waals surface area contributed by atoms with E-state index in [4.69, 9.17) is 23.2 Å². The Balaban J connectivity index is 2.27. The van der Waals surface area contributed by atoms with Crippen LogP contribution in [0.4, 0.5) is 0 Å². The van der Waals surface area contributed by atoms with Gasteiger partial charge in [-0.2, -0.15) is 5.10 Å². The third-order valence-electron chi connectivity index (χ3n) is 2.89. The molecule has 0 atom stereocenters. The van der Waals surface area contributed by atoms with Crippen LogP contribution in [0, 0.1) is 0 Å². The number of phenolic OH excluding ortho intramolecular Hbond substituents is 1. The number of pyridine rings is 1. The summed E-state index contributed by atoms with van der Waals surface area (Å²) < 4.78 is 0. The zero-order valence-corrected chi connectivity index (χ0v) is 13.2. The van der Waals surface area contributed by atoms with E-state index in [1.54, 1.807) is 24.4 Å². The molecule has 0 aliphatic carbocycles. The molecule has 0 saturated carbocycles. The monoisotopic (exact) mass is 337 g/mol. The number of amides is 1. The van der Waals surface area contributed by atoms with Crippen molar-refractivity contribution >= 4 is 34.8 Å². The van der Waals surface area contributed by atoms with E-state index in [0.717, 1.165) is 0 Å². The fourth-order valence-corrected chi connectivity index (χ4v) is 2.29. The molecule has 0 fully saturated rings. The lowest BCUT2D eigenvalue weighted by Crippen LogP contribution is -2.20. The quantitative estimate of drug-likeness (QED) is 0.660. The Morgan fingerprint density at radius 1 is 1.41 bits per heavy atom. The molecule has 0 radical (unpaired) electrons. The van der Waals surface area contributed by atoms with Gasteiger partial charge in [0, 0.05) is 23.0 Å². The van der Waals surface area contributed by atoms with Gasteiger partial charge in [-0.05, 0) is 30.7 Å². The second-order valence-corrected chi connectivity index (χ2v) is 5.22. The zero-order chi connectivity index (χ0) is 16.1. The van der Waals surface area contributed by atoms with Crippen LogP contribution in [0.25, 0.3) is 0 Å². The first kappa shape index (κ1) is 16.3. The van der Waals surface area contributed by atoms with Crippen molar-refractivity contribution in [2.45, 2.75) is 13.3 Å². The van der Waals surface area contributed by atoms with Crippen LogP contribution in [0.15, 0.2) is 41.8 Å². The third-order valence-corrected chi connectivity index (χ3v) is 3.40. The van der Waals surface area contributed by atoms with E-state index in [0.29, 0.717) is 28.3 Å². The summed E-state index contributed by atoms with van der Waals surface area (Å²) in [5.74, 6) is -0.519. The van der Waals surface area contributed by atoms with Gasteiger partial charge in [-0.3, -0.25) is 9.78 Å². The molecule has 22 heavy (non-hydrogen) atoms. The lowest BCUT2D eigenvalue weighted by atomic mass is 10.1. The summed E-state index contributed by atoms with van der Waals surface area (Å²) in [6.45, 7) is 1.84. The van der Waals surface area contributed by atoms with Crippen molar-refractivity contribution in [2.24, 2.45) is 5.10 Å². The Morgan fingerprint density at radius 2 is 2.18 bits per heavy atom. The normalized spacial score (nSPS) is 11.3. The lowest BCUT2D eigenvalue weighted by Gasteiger charge is -2.09. The molecule has 2 aromatic rings. The molecule has 0 bridgehead atoms. The number of carbonyl (C=O) groups excluding carboxylic acids is 1. The van der Waals surface area contributed by atoms with Crippen molar-refractivity contribution in [1.82, 2.24) is 10.4 Å². The summed E-state index contributed by atoms with van der Waals surface area (Å²) >= 11 is 11.8. The topological polar surface area (TPSA) is 74.6 Å². The Morgan fingerprint density at radius 3 is 2.82 bits per heavy atom. The maximum Gasteiger partial charge on any atom is 0.272 e. The molecule has 1 amide bonds. The molecule has 114 valence electrons. The molecule has 0 unspecified atom stereocenters. The molecule has 1 aromatic carbocycles. The van der Waals surface area contributed by atoms with Crippen LogP contribution in [0.2, 0.25) is 10.0 Å². The lowest BCUT2D eigenvalue weighted by molar-refractivity contribution is 0.0954. The molecule has 0 saturated heterocycles. The molecule has 2 rings (SSSR count). The Kier molecular flexibility index (Phi) is 5.35. The second-order valence-electron chi connectivity index (χ2n) is 4.38. The number of hydrogen-bond donors (Lipinski definition) is 2. The average molecular weight is 338 g/mol. The number of aromatic nitrogens is 1. The van der Waals surface area contributed by atoms with Gasteiger partial charge in [0.2, 0.25) is 0 Å². The first-order valence-electron chi connectivity index (χ1n) is 6.48. The van der Waals surface area contributed by atoms with Crippen molar-refractivity contribution in [3.05, 3.63) is 57.8 Å². The van der Waals surface area contributed by atoms with Crippen molar-refractivity contribution in [3.63, 3.8) is 0 Å². The number of phenols is 1. The fourth-order valence-electron chi connectivity index (χ4n) is 1.80. The minimum Gasteiger partial charge on any atom is -0.506 e. The largest absolute Gasteiger partial charge is 0.506 e. The highest BCUT2D eigenvalue weighted by Crippen LogP contribution is 2.32. The van der Waals surface area contributed by atoms with E-state index < -0.39 is 5.91 Å². The maximum atomic E-state index is 11.9. The summed E-state index contributed by atoms with van der Waals surface area (Å²) in [6, 6.07) is 6.25. The van der Waals surface area contributed by atoms with Crippen LogP contribution in [0.1, 0.15) is 29.3 Å². The summed E-state index contributed by atoms with van der Waals surface area (Å²) in [6.07, 6.45) is 3.48. The number of nitrogens with zero attached hydrogens (tertiary/aromatic N) is 2. The molecule has 1 aromatic heterocycles. The number of hydrogen-bond acceptors (Lipinski definition) is 4. The van der Waals surface area contributed by atoms with Crippen LogP contribution in [0.3, 0.4) is 0 Å². The van der Waals surface area contributed by atoms with Gasteiger partial charge in [0.15, 0.2) is 0 Å². The van der Waals surface area contributed by atoms with E-state index in [1.807, 2.05) is 6.92 Å². The summed E-state index contributed by atoms with van der Waals surface area (Å²) in [4.78, 5) is 15.8. The summed E-state index contributed by atoms with van der Waals surface area (Å²) in [5.41, 5.74) is 3.65. The SMILES string of the molecule is CCC(=NNC(=O)c1cccnc1)c1cc(Cl)cc(Cl)c1O. The van der Waals surface area contributed by atoms with Gasteiger partial charge < -0.3 is 5.11 Å². The van der Waals surface area contributed by atoms with Gasteiger partial charge >= 0.3 is 0 Å². The average Bonchev–Trinajstić information content (AvgIpc) is 2.52. The number of hydrazone groups is 1. The van der Waals surface area contributed by atoms with E-state index in [2.05, 4.69) is 15.5 Å². The first-order valence-corrected chi connectivity index (χ1v) is 7.23. The number of rotatable bonds is 4. The van der Waals surface area contributed by atoms with Gasteiger partial charge in [0.1, 0.15) is 5.75 Å². The van der Waals surface area contributed by atoms with Gasteiger partial charge in [0.05, 0.1) is 16.3 Å². The van der Waals surface area contributed by atoms with E-state index in [-0.39, 0.29) is 10.8 Å². The number of nitrogens with one attached hydrogen (secondary N) is 1. The third kappa shape index (κ3) is 3.75. The molecule has 5 nitrogen and oxygen atoms in total. The highest BCUT2D eigenvalue weighted by atomic mass is 35.5. The van der Waals surface area contributed by atoms with Crippen LogP contribution in [0.5, 0.6) is 5.75 Å². The molecular weight excluding hydrogens is 325 g/mol. The van der Waals surface area contributed by atoms with Gasteiger partial charge in [-0.1, -0.05) is 30.1 Å². The molecule has 7 heteroatoms. The van der Waals surface area contributed by atoms with Crippen molar-refractivity contribution in [1.29, 1.82) is 0 Å². The molecule has 2 N–H and O–H groups in total. The number of halogens is 2. The van der Waals surface area contributed by atoms with Crippen LogP contribution in [-0.4, -0.2) is 21.7 Å². The Labute approximate surface area is 137 Å². The number of carbonyl (C=O) groups is 1. The minimum atomic E-state index is -0.397. The van der Waals surface area contributed by atoms with Crippen LogP contribution < -0.4 is 5.43 Å². The van der Waals surface area contributed by atoms with Crippen LogP contribution >= 0.6 is 23.2 Å². The highest BCUT2D eigenvalue weighted by Gasteiger charge is 2.13. The predicted octanol–water partition coefficient (Wildman–Crippen LogP) is 3.64. The van der Waals surface area contributed by atoms with Gasteiger partial charge in [-0.25, -0.2) is 5.43 Å². The van der Waals surface area contributed by atoms with Gasteiger partial charge in [0.25, 0.3) is 5.91 Å². The Bertz CT molecular complexity index is 718. The van der Waals surface area contributed by atoms with Crippen molar-refractivity contribution in [2.75, 3.05) is 0 Å². The number of aromatic hydroxyl groups is 1. The van der Waals surface area contributed by atoms with E-state index in [9.17, 15) is 9.90 Å². The fraction of sp³-hybridized carbons (Fsp3) is 0.133. The second kappa shape index (κ2) is 7.24. The standard InChI is InChI=1S/C15H13Cl2N3O2/c1-2-13(11-6-10(16)7-12(17)14(11)21)19-20-15(22)9-4-3-5-18-8-9/h3-8,21H,2H2,1H3,(H,20,22). The molecule has 0 aliphatic rings. The molecule has 0 aliphatic heterocycles. The molecule has 0 spiro atoms. The minimum absolute atomic E-state index is 0.123. The smallest absolute Gasteiger partial charge is 0.272 e. The van der Waals surface area contributed by atoms with Crippen molar-refractivity contribution in [3.8, 4) is 5.75 Å². The first-order chi connectivity index (χ1) is 10.5. The Hall–Kier alpha value is -2.11. The molecular formula is C15H13Cl2N3O2. The molecule has 1 heterocycles. The van der Waals surface area contributed by atoms with Crippen LogP contribution in [-0.2, 0) is 0 Å². The van der Waals surface area contributed by atoms with E-state index >= 15 is 0 Å². The summed E-state index contributed by atoms with van der Waals surface area (Å²) in [7, 11) is 0. The van der Waals surface area contributed by atoms with Gasteiger partial charge in [-0.15, -0.1) is 0 Å². The maximum absolute atomic E-state index is 11.9. The highest BCUT2D eigenvalue weighted by molar-refractivity contribution is 6.36. The van der Waals surface area contributed by atoms with E-state index in [1.165, 1.54) is 12.3 Å². The number of benzene rings is 1. The predicted molar refractivity (Wildman–Crippen MR) is 86.7 cm³/mol. The summed E-state index contributed by atoms with van der Waals surface area (Å²) in [5, 5.41) is 14.6.